The van der Waals surface area contributed by atoms with Gasteiger partial charge < -0.3 is 14.8 Å². The third-order valence-corrected chi connectivity index (χ3v) is 3.10. The minimum absolute atomic E-state index is 0.243. The molecule has 0 fully saturated rings. The molecule has 0 unspecified atom stereocenters. The van der Waals surface area contributed by atoms with Crippen molar-refractivity contribution in [2.75, 3.05) is 0 Å². The summed E-state index contributed by atoms with van der Waals surface area (Å²) in [6, 6.07) is 7.47. The average Bonchev–Trinajstić information content (AvgIpc) is 2.79. The summed E-state index contributed by atoms with van der Waals surface area (Å²) in [6.07, 6.45) is 1.57. The molecule has 2 N–H and O–H groups in total. The molecule has 1 heterocycles. The molecule has 0 atom stereocenters. The van der Waals surface area contributed by atoms with Crippen molar-refractivity contribution in [3.05, 3.63) is 36.1 Å². The first-order valence-corrected chi connectivity index (χ1v) is 5.89. The molecule has 5 heteroatoms. The Labute approximate surface area is 110 Å². The van der Waals surface area contributed by atoms with E-state index in [1.54, 1.807) is 6.26 Å². The van der Waals surface area contributed by atoms with Crippen LogP contribution < -0.4 is 5.32 Å². The maximum atomic E-state index is 11.8. The van der Waals surface area contributed by atoms with Crippen LogP contribution in [-0.4, -0.2) is 17.0 Å². The number of carboxylic acids is 1. The number of nitrogens with one attached hydrogen (secondary N) is 1. The Hall–Kier alpha value is -2.30. The van der Waals surface area contributed by atoms with Crippen LogP contribution in [-0.2, 0) is 16.1 Å². The number of amides is 1. The molecule has 0 radical (unpaired) electrons. The lowest BCUT2D eigenvalue weighted by atomic mass is 9.92. The van der Waals surface area contributed by atoms with E-state index in [4.69, 9.17) is 9.52 Å². The summed E-state index contributed by atoms with van der Waals surface area (Å²) >= 11 is 0. The summed E-state index contributed by atoms with van der Waals surface area (Å²) < 4.78 is 5.35. The molecule has 0 aliphatic rings. The lowest BCUT2D eigenvalue weighted by Crippen LogP contribution is -2.41. The number of hydrogen-bond donors (Lipinski definition) is 2. The Morgan fingerprint density at radius 1 is 1.32 bits per heavy atom. The number of hydrogen-bond acceptors (Lipinski definition) is 3. The molecule has 5 nitrogen and oxygen atoms in total. The van der Waals surface area contributed by atoms with E-state index in [1.807, 2.05) is 24.3 Å². The van der Waals surface area contributed by atoms with Gasteiger partial charge in [0, 0.05) is 17.5 Å². The van der Waals surface area contributed by atoms with Crippen molar-refractivity contribution in [1.82, 2.24) is 5.32 Å². The van der Waals surface area contributed by atoms with E-state index in [1.165, 1.54) is 13.8 Å². The highest BCUT2D eigenvalue weighted by Gasteiger charge is 2.35. The van der Waals surface area contributed by atoms with Gasteiger partial charge in [-0.1, -0.05) is 18.2 Å². The number of benzene rings is 1. The van der Waals surface area contributed by atoms with Gasteiger partial charge in [-0.3, -0.25) is 9.59 Å². The van der Waals surface area contributed by atoms with E-state index < -0.39 is 17.3 Å². The summed E-state index contributed by atoms with van der Waals surface area (Å²) in [5.41, 5.74) is 0.119. The molecule has 19 heavy (non-hydrogen) atoms. The molecule has 2 aromatic rings. The Morgan fingerprint density at radius 3 is 2.68 bits per heavy atom. The van der Waals surface area contributed by atoms with Crippen molar-refractivity contribution in [3.8, 4) is 0 Å². The average molecular weight is 261 g/mol. The first kappa shape index (κ1) is 13.1. The molecule has 1 aromatic carbocycles. The second-order valence-electron chi connectivity index (χ2n) is 4.87. The van der Waals surface area contributed by atoms with Gasteiger partial charge in [-0.05, 0) is 19.9 Å². The van der Waals surface area contributed by atoms with E-state index in [-0.39, 0.29) is 6.54 Å². The number of para-hydroxylation sites is 1. The van der Waals surface area contributed by atoms with Crippen LogP contribution in [0.25, 0.3) is 11.0 Å². The van der Waals surface area contributed by atoms with Gasteiger partial charge in [0.15, 0.2) is 0 Å². The molecule has 0 saturated carbocycles. The van der Waals surface area contributed by atoms with Crippen LogP contribution in [0.3, 0.4) is 0 Å². The van der Waals surface area contributed by atoms with E-state index in [9.17, 15) is 9.59 Å². The molecular weight excluding hydrogens is 246 g/mol. The zero-order valence-corrected chi connectivity index (χ0v) is 10.8. The van der Waals surface area contributed by atoms with Gasteiger partial charge in [0.25, 0.3) is 0 Å². The zero-order chi connectivity index (χ0) is 14.0. The minimum atomic E-state index is -1.44. The Morgan fingerprint density at radius 2 is 2.00 bits per heavy atom. The molecule has 0 spiro atoms. The summed E-state index contributed by atoms with van der Waals surface area (Å²) in [5, 5.41) is 12.5. The minimum Gasteiger partial charge on any atom is -0.480 e. The highest BCUT2D eigenvalue weighted by atomic mass is 16.4. The van der Waals surface area contributed by atoms with Crippen molar-refractivity contribution in [2.45, 2.75) is 20.4 Å². The number of furan rings is 1. The van der Waals surface area contributed by atoms with Crippen LogP contribution in [0.5, 0.6) is 0 Å². The quantitative estimate of drug-likeness (QED) is 0.826. The van der Waals surface area contributed by atoms with E-state index in [0.717, 1.165) is 16.5 Å². The summed E-state index contributed by atoms with van der Waals surface area (Å²) in [5.74, 6) is -1.67. The van der Waals surface area contributed by atoms with E-state index in [0.29, 0.717) is 0 Å². The zero-order valence-electron chi connectivity index (χ0n) is 10.8. The molecule has 1 aromatic heterocycles. The van der Waals surface area contributed by atoms with Crippen molar-refractivity contribution >= 4 is 22.8 Å². The van der Waals surface area contributed by atoms with Gasteiger partial charge >= 0.3 is 5.97 Å². The smallest absolute Gasteiger partial charge is 0.318 e. The van der Waals surface area contributed by atoms with Gasteiger partial charge in [0.1, 0.15) is 11.0 Å². The first-order chi connectivity index (χ1) is 8.93. The maximum Gasteiger partial charge on any atom is 0.318 e. The summed E-state index contributed by atoms with van der Waals surface area (Å²) in [4.78, 5) is 22.8. The second kappa shape index (κ2) is 4.76. The number of carbonyl (C=O) groups excluding carboxylic acids is 1. The number of fused-ring (bicyclic) bond motifs is 1. The fourth-order valence-electron chi connectivity index (χ4n) is 1.66. The lowest BCUT2D eigenvalue weighted by Gasteiger charge is -2.17. The van der Waals surface area contributed by atoms with E-state index in [2.05, 4.69) is 5.32 Å². The lowest BCUT2D eigenvalue weighted by molar-refractivity contribution is -0.153. The predicted octanol–water partition coefficient (Wildman–Crippen LogP) is 2.16. The van der Waals surface area contributed by atoms with Crippen molar-refractivity contribution in [2.24, 2.45) is 5.41 Å². The number of carbonyl (C=O) groups is 2. The van der Waals surface area contributed by atoms with Crippen LogP contribution in [0.2, 0.25) is 0 Å². The molecule has 0 saturated heterocycles. The molecule has 1 amide bonds. The fraction of sp³-hybridized carbons (Fsp3) is 0.286. The number of rotatable bonds is 4. The summed E-state index contributed by atoms with van der Waals surface area (Å²) in [6.45, 7) is 2.99. The van der Waals surface area contributed by atoms with Crippen LogP contribution in [0.4, 0.5) is 0 Å². The molecular formula is C14H15NO4. The van der Waals surface area contributed by atoms with Gasteiger partial charge in [0.05, 0.1) is 6.26 Å². The monoisotopic (exact) mass is 261 g/mol. The maximum absolute atomic E-state index is 11.8. The molecule has 100 valence electrons. The number of aliphatic carboxylic acids is 1. The molecule has 0 bridgehead atoms. The molecule has 0 aliphatic heterocycles. The van der Waals surface area contributed by atoms with Crippen LogP contribution in [0, 0.1) is 5.41 Å². The normalized spacial score (nSPS) is 11.5. The fourth-order valence-corrected chi connectivity index (χ4v) is 1.66. The number of carboxylic acid groups (broad SMARTS) is 1. The Kier molecular flexibility index (Phi) is 3.29. The Balaban J connectivity index is 2.11. The van der Waals surface area contributed by atoms with Crippen molar-refractivity contribution < 1.29 is 19.1 Å². The van der Waals surface area contributed by atoms with Crippen molar-refractivity contribution in [1.29, 1.82) is 0 Å². The topological polar surface area (TPSA) is 79.5 Å². The highest BCUT2D eigenvalue weighted by molar-refractivity contribution is 6.01. The van der Waals surface area contributed by atoms with Crippen LogP contribution >= 0.6 is 0 Å². The standard InChI is InChI=1S/C14H15NO4/c1-14(2,13(17)18)12(16)15-7-9-8-19-11-6-4-3-5-10(9)11/h3-6,8H,7H2,1-2H3,(H,15,16)(H,17,18). The SMILES string of the molecule is CC(C)(C(=O)O)C(=O)NCc1coc2ccccc12. The van der Waals surface area contributed by atoms with Gasteiger partial charge in [-0.25, -0.2) is 0 Å². The van der Waals surface area contributed by atoms with Gasteiger partial charge in [-0.2, -0.15) is 0 Å². The Bertz CT molecular complexity index is 627. The van der Waals surface area contributed by atoms with Gasteiger partial charge in [-0.15, -0.1) is 0 Å². The second-order valence-corrected chi connectivity index (χ2v) is 4.87. The van der Waals surface area contributed by atoms with Crippen LogP contribution in [0.15, 0.2) is 34.9 Å². The first-order valence-electron chi connectivity index (χ1n) is 5.89. The molecule has 0 aliphatic carbocycles. The largest absolute Gasteiger partial charge is 0.480 e. The van der Waals surface area contributed by atoms with E-state index >= 15 is 0 Å². The molecule has 2 rings (SSSR count). The summed E-state index contributed by atoms with van der Waals surface area (Å²) in [7, 11) is 0. The third-order valence-electron chi connectivity index (χ3n) is 3.10. The van der Waals surface area contributed by atoms with Gasteiger partial charge in [0.2, 0.25) is 5.91 Å². The van der Waals surface area contributed by atoms with Crippen LogP contribution in [0.1, 0.15) is 19.4 Å². The predicted molar refractivity (Wildman–Crippen MR) is 69.5 cm³/mol. The van der Waals surface area contributed by atoms with Crippen molar-refractivity contribution in [3.63, 3.8) is 0 Å². The highest BCUT2D eigenvalue weighted by Crippen LogP contribution is 2.21. The third kappa shape index (κ3) is 2.45.